The lowest BCUT2D eigenvalue weighted by atomic mass is 10.1. The van der Waals surface area contributed by atoms with Crippen molar-refractivity contribution >= 4 is 17.3 Å². The van der Waals surface area contributed by atoms with Crippen molar-refractivity contribution in [1.29, 1.82) is 0 Å². The zero-order valence-electron chi connectivity index (χ0n) is 11.2. The molecule has 1 heterocycles. The van der Waals surface area contributed by atoms with Crippen molar-refractivity contribution < 1.29 is 4.74 Å². The summed E-state index contributed by atoms with van der Waals surface area (Å²) < 4.78 is 5.76. The molecule has 2 rings (SSSR count). The van der Waals surface area contributed by atoms with Crippen LogP contribution in [0.25, 0.3) is 0 Å². The van der Waals surface area contributed by atoms with Crippen LogP contribution < -0.4 is 4.74 Å². The minimum Gasteiger partial charge on any atom is -0.489 e. The van der Waals surface area contributed by atoms with E-state index in [1.54, 1.807) is 6.08 Å². The summed E-state index contributed by atoms with van der Waals surface area (Å²) in [5.74, 6) is 0.842. The number of hydrogen-bond acceptors (Lipinski definition) is 3. The standard InChI is InChI=1S/C14H17N3OS/c1-4-7-17-13(15-16-14(17)19)9-18-12-6-5-10(2)11(3)8-12/h4-6,8,13H,1,7,9H2,2-3H3. The van der Waals surface area contributed by atoms with Gasteiger partial charge in [0, 0.05) is 6.54 Å². The third-order valence-electron chi connectivity index (χ3n) is 3.09. The molecule has 0 spiro atoms. The van der Waals surface area contributed by atoms with Crippen molar-refractivity contribution in [3.8, 4) is 5.75 Å². The zero-order valence-corrected chi connectivity index (χ0v) is 12.0. The average Bonchev–Trinajstić information content (AvgIpc) is 2.73. The van der Waals surface area contributed by atoms with Gasteiger partial charge in [0.05, 0.1) is 0 Å². The number of nitrogens with zero attached hydrogens (tertiary/aromatic N) is 3. The van der Waals surface area contributed by atoms with Crippen LogP contribution in [0.4, 0.5) is 0 Å². The van der Waals surface area contributed by atoms with E-state index in [1.165, 1.54) is 11.1 Å². The van der Waals surface area contributed by atoms with E-state index in [0.29, 0.717) is 18.3 Å². The topological polar surface area (TPSA) is 37.2 Å². The second kappa shape index (κ2) is 5.93. The van der Waals surface area contributed by atoms with Gasteiger partial charge in [0.15, 0.2) is 6.17 Å². The van der Waals surface area contributed by atoms with E-state index >= 15 is 0 Å². The smallest absolute Gasteiger partial charge is 0.218 e. The second-order valence-corrected chi connectivity index (χ2v) is 4.84. The third kappa shape index (κ3) is 3.17. The highest BCUT2D eigenvalue weighted by Gasteiger charge is 2.25. The number of ether oxygens (including phenoxy) is 1. The van der Waals surface area contributed by atoms with E-state index in [9.17, 15) is 0 Å². The molecule has 1 aliphatic heterocycles. The Morgan fingerprint density at radius 3 is 2.89 bits per heavy atom. The predicted molar refractivity (Wildman–Crippen MR) is 79.6 cm³/mol. The Kier molecular flexibility index (Phi) is 4.27. The van der Waals surface area contributed by atoms with E-state index in [1.807, 2.05) is 23.1 Å². The Morgan fingerprint density at radius 1 is 1.42 bits per heavy atom. The summed E-state index contributed by atoms with van der Waals surface area (Å²) in [6.45, 7) is 8.91. The number of thiocarbonyl (C=S) groups is 1. The van der Waals surface area contributed by atoms with E-state index in [2.05, 4.69) is 30.7 Å². The lowest BCUT2D eigenvalue weighted by Gasteiger charge is -2.21. The quantitative estimate of drug-likeness (QED) is 0.611. The molecule has 1 aromatic rings. The van der Waals surface area contributed by atoms with Gasteiger partial charge >= 0.3 is 0 Å². The summed E-state index contributed by atoms with van der Waals surface area (Å²) in [6, 6.07) is 6.04. The Labute approximate surface area is 118 Å². The van der Waals surface area contributed by atoms with Crippen LogP contribution in [0.3, 0.4) is 0 Å². The lowest BCUT2D eigenvalue weighted by molar-refractivity contribution is 0.220. The molecule has 0 saturated carbocycles. The normalized spacial score (nSPS) is 17.9. The molecule has 0 fully saturated rings. The fourth-order valence-electron chi connectivity index (χ4n) is 1.80. The van der Waals surface area contributed by atoms with Gasteiger partial charge in [0.25, 0.3) is 0 Å². The molecule has 0 aliphatic carbocycles. The summed E-state index contributed by atoms with van der Waals surface area (Å²) in [7, 11) is 0. The number of azo groups is 1. The van der Waals surface area contributed by atoms with Gasteiger partial charge in [-0.15, -0.1) is 11.7 Å². The van der Waals surface area contributed by atoms with Crippen molar-refractivity contribution in [3.63, 3.8) is 0 Å². The molecule has 1 aliphatic rings. The largest absolute Gasteiger partial charge is 0.489 e. The molecule has 0 aromatic heterocycles. The minimum atomic E-state index is -0.160. The minimum absolute atomic E-state index is 0.160. The van der Waals surface area contributed by atoms with Crippen molar-refractivity contribution in [1.82, 2.24) is 4.90 Å². The van der Waals surface area contributed by atoms with Gasteiger partial charge in [-0.2, -0.15) is 5.11 Å². The number of aryl methyl sites for hydroxylation is 2. The molecule has 0 bridgehead atoms. The monoisotopic (exact) mass is 275 g/mol. The van der Waals surface area contributed by atoms with Gasteiger partial charge in [-0.3, -0.25) is 0 Å². The first-order valence-electron chi connectivity index (χ1n) is 6.14. The van der Waals surface area contributed by atoms with Crippen LogP contribution in [-0.4, -0.2) is 29.3 Å². The van der Waals surface area contributed by atoms with Gasteiger partial charge in [-0.25, -0.2) is 0 Å². The Balaban J connectivity index is 1.98. The highest BCUT2D eigenvalue weighted by molar-refractivity contribution is 7.80. The van der Waals surface area contributed by atoms with Crippen LogP contribution in [0.1, 0.15) is 11.1 Å². The molecule has 0 saturated heterocycles. The van der Waals surface area contributed by atoms with Gasteiger partial charge in [-0.1, -0.05) is 12.1 Å². The summed E-state index contributed by atoms with van der Waals surface area (Å²) in [4.78, 5) is 1.89. The van der Waals surface area contributed by atoms with Gasteiger partial charge in [0.1, 0.15) is 12.4 Å². The third-order valence-corrected chi connectivity index (χ3v) is 3.40. The van der Waals surface area contributed by atoms with Crippen molar-refractivity contribution in [2.24, 2.45) is 10.2 Å². The number of benzene rings is 1. The van der Waals surface area contributed by atoms with Gasteiger partial charge in [-0.05, 0) is 49.3 Å². The maximum absolute atomic E-state index is 5.76. The first kappa shape index (κ1) is 13.7. The Bertz CT molecular complexity index is 527. The lowest BCUT2D eigenvalue weighted by Crippen LogP contribution is -2.36. The Hall–Kier alpha value is -1.75. The molecule has 1 aromatic carbocycles. The maximum Gasteiger partial charge on any atom is 0.218 e. The summed E-state index contributed by atoms with van der Waals surface area (Å²) in [6.07, 6.45) is 1.62. The molecule has 0 radical (unpaired) electrons. The second-order valence-electron chi connectivity index (χ2n) is 4.48. The van der Waals surface area contributed by atoms with E-state index < -0.39 is 0 Å². The van der Waals surface area contributed by atoms with E-state index in [-0.39, 0.29) is 6.17 Å². The Morgan fingerprint density at radius 2 is 2.21 bits per heavy atom. The first-order valence-corrected chi connectivity index (χ1v) is 6.55. The molecular formula is C14H17N3OS. The molecular weight excluding hydrogens is 258 g/mol. The SMILES string of the molecule is C=CCN1C(=S)N=NC1COc1ccc(C)c(C)c1. The van der Waals surface area contributed by atoms with E-state index in [4.69, 9.17) is 17.0 Å². The van der Waals surface area contributed by atoms with Crippen LogP contribution in [0.15, 0.2) is 41.1 Å². The number of hydrogen-bond donors (Lipinski definition) is 0. The van der Waals surface area contributed by atoms with Crippen LogP contribution in [0, 0.1) is 13.8 Å². The van der Waals surface area contributed by atoms with Crippen LogP contribution in [0.5, 0.6) is 5.75 Å². The van der Waals surface area contributed by atoms with Gasteiger partial charge in [0.2, 0.25) is 5.11 Å². The molecule has 1 unspecified atom stereocenters. The van der Waals surface area contributed by atoms with Crippen LogP contribution in [-0.2, 0) is 0 Å². The first-order chi connectivity index (χ1) is 9.11. The van der Waals surface area contributed by atoms with Crippen molar-refractivity contribution in [2.75, 3.05) is 13.2 Å². The van der Waals surface area contributed by atoms with E-state index in [0.717, 1.165) is 5.75 Å². The van der Waals surface area contributed by atoms with Crippen molar-refractivity contribution in [3.05, 3.63) is 42.0 Å². The maximum atomic E-state index is 5.76. The molecule has 5 heteroatoms. The molecule has 100 valence electrons. The number of rotatable bonds is 5. The van der Waals surface area contributed by atoms with Crippen LogP contribution in [0.2, 0.25) is 0 Å². The highest BCUT2D eigenvalue weighted by Crippen LogP contribution is 2.19. The summed E-state index contributed by atoms with van der Waals surface area (Å²) in [5.41, 5.74) is 2.46. The molecule has 1 atom stereocenters. The van der Waals surface area contributed by atoms with Crippen molar-refractivity contribution in [2.45, 2.75) is 20.0 Å². The molecule has 19 heavy (non-hydrogen) atoms. The van der Waals surface area contributed by atoms with Gasteiger partial charge < -0.3 is 9.64 Å². The molecule has 0 N–H and O–H groups in total. The fraction of sp³-hybridized carbons (Fsp3) is 0.357. The van der Waals surface area contributed by atoms with Crippen LogP contribution >= 0.6 is 12.2 Å². The average molecular weight is 275 g/mol. The zero-order chi connectivity index (χ0) is 13.8. The predicted octanol–water partition coefficient (Wildman–Crippen LogP) is 3.25. The highest BCUT2D eigenvalue weighted by atomic mass is 32.1. The summed E-state index contributed by atoms with van der Waals surface area (Å²) in [5, 5.41) is 8.52. The molecule has 0 amide bonds. The molecule has 4 nitrogen and oxygen atoms in total. The fourth-order valence-corrected chi connectivity index (χ4v) is 2.04. The summed E-state index contributed by atoms with van der Waals surface area (Å²) >= 11 is 5.11.